The Labute approximate surface area is 138 Å². The van der Waals surface area contributed by atoms with Gasteiger partial charge in [-0.3, -0.25) is 9.59 Å². The number of halogens is 2. The first kappa shape index (κ1) is 16.3. The molecular formula is C16H14Cl2N2O2. The lowest BCUT2D eigenvalue weighted by Gasteiger charge is -2.10. The summed E-state index contributed by atoms with van der Waals surface area (Å²) in [4.78, 5) is 23.9. The first-order valence-corrected chi connectivity index (χ1v) is 7.27. The minimum absolute atomic E-state index is 0.287. The summed E-state index contributed by atoms with van der Waals surface area (Å²) in [5.74, 6) is -1.59. The standard InChI is InChI=1S/C16H14Cl2N2O2/c1-9-3-4-10(2)13(7-9)19-15(21)16(22)20-14-8-11(17)5-6-12(14)18/h3-8H,1-2H3,(H,19,21)(H,20,22). The molecule has 0 unspecified atom stereocenters. The molecule has 6 heteroatoms. The molecule has 2 aromatic carbocycles. The van der Waals surface area contributed by atoms with Crippen molar-refractivity contribution < 1.29 is 9.59 Å². The van der Waals surface area contributed by atoms with E-state index < -0.39 is 11.8 Å². The van der Waals surface area contributed by atoms with Gasteiger partial charge in [0.05, 0.1) is 10.7 Å². The number of aryl methyl sites for hydroxylation is 2. The van der Waals surface area contributed by atoms with Gasteiger partial charge >= 0.3 is 11.8 Å². The number of rotatable bonds is 2. The van der Waals surface area contributed by atoms with Gasteiger partial charge in [0.25, 0.3) is 0 Å². The van der Waals surface area contributed by atoms with Crippen LogP contribution in [0, 0.1) is 13.8 Å². The average Bonchev–Trinajstić information content (AvgIpc) is 2.46. The zero-order valence-corrected chi connectivity index (χ0v) is 13.5. The molecule has 4 nitrogen and oxygen atoms in total. The number of anilines is 2. The summed E-state index contributed by atoms with van der Waals surface area (Å²) in [6.07, 6.45) is 0. The minimum atomic E-state index is -0.815. The smallest absolute Gasteiger partial charge is 0.314 e. The van der Waals surface area contributed by atoms with Crippen LogP contribution in [-0.4, -0.2) is 11.8 Å². The molecular weight excluding hydrogens is 323 g/mol. The van der Waals surface area contributed by atoms with Crippen molar-refractivity contribution in [3.8, 4) is 0 Å². The third-order valence-electron chi connectivity index (χ3n) is 3.02. The highest BCUT2D eigenvalue weighted by Gasteiger charge is 2.16. The number of carbonyl (C=O) groups excluding carboxylic acids is 2. The maximum atomic E-state index is 12.0. The highest BCUT2D eigenvalue weighted by molar-refractivity contribution is 6.45. The zero-order valence-electron chi connectivity index (χ0n) is 12.0. The Morgan fingerprint density at radius 1 is 0.864 bits per heavy atom. The van der Waals surface area contributed by atoms with Crippen molar-refractivity contribution >= 4 is 46.4 Å². The molecule has 0 aromatic heterocycles. The third-order valence-corrected chi connectivity index (χ3v) is 3.59. The molecule has 0 aliphatic rings. The van der Waals surface area contributed by atoms with Crippen LogP contribution in [0.25, 0.3) is 0 Å². The molecule has 0 fully saturated rings. The van der Waals surface area contributed by atoms with Gasteiger partial charge in [-0.1, -0.05) is 35.3 Å². The zero-order chi connectivity index (χ0) is 16.3. The van der Waals surface area contributed by atoms with Crippen LogP contribution < -0.4 is 10.6 Å². The van der Waals surface area contributed by atoms with Crippen LogP contribution >= 0.6 is 23.2 Å². The second kappa shape index (κ2) is 6.81. The lowest BCUT2D eigenvalue weighted by molar-refractivity contribution is -0.133. The number of carbonyl (C=O) groups is 2. The number of benzene rings is 2. The SMILES string of the molecule is Cc1ccc(C)c(NC(=O)C(=O)Nc2cc(Cl)ccc2Cl)c1. The molecule has 0 saturated carbocycles. The third kappa shape index (κ3) is 4.00. The van der Waals surface area contributed by atoms with Crippen LogP contribution in [-0.2, 0) is 9.59 Å². The van der Waals surface area contributed by atoms with Crippen molar-refractivity contribution in [1.82, 2.24) is 0 Å². The fraction of sp³-hybridized carbons (Fsp3) is 0.125. The van der Waals surface area contributed by atoms with E-state index in [0.717, 1.165) is 11.1 Å². The summed E-state index contributed by atoms with van der Waals surface area (Å²) in [6.45, 7) is 3.75. The molecule has 0 spiro atoms. The molecule has 0 bridgehead atoms. The largest absolute Gasteiger partial charge is 0.318 e. The van der Waals surface area contributed by atoms with Crippen LogP contribution in [0.5, 0.6) is 0 Å². The Morgan fingerprint density at radius 3 is 2.18 bits per heavy atom. The van der Waals surface area contributed by atoms with Gasteiger partial charge in [-0.25, -0.2) is 0 Å². The average molecular weight is 337 g/mol. The van der Waals surface area contributed by atoms with E-state index in [1.807, 2.05) is 26.0 Å². The molecule has 2 rings (SSSR count). The maximum Gasteiger partial charge on any atom is 0.314 e. The summed E-state index contributed by atoms with van der Waals surface area (Å²) < 4.78 is 0. The van der Waals surface area contributed by atoms with Crippen molar-refractivity contribution in [2.45, 2.75) is 13.8 Å². The van der Waals surface area contributed by atoms with E-state index in [2.05, 4.69) is 10.6 Å². The summed E-state index contributed by atoms with van der Waals surface area (Å²) in [6, 6.07) is 10.2. The van der Waals surface area contributed by atoms with Gasteiger partial charge in [0.2, 0.25) is 0 Å². The second-order valence-corrected chi connectivity index (χ2v) is 5.69. The van der Waals surface area contributed by atoms with Crippen molar-refractivity contribution in [3.05, 3.63) is 57.6 Å². The molecule has 0 aliphatic heterocycles. The van der Waals surface area contributed by atoms with Gasteiger partial charge in [0.15, 0.2) is 0 Å². The van der Waals surface area contributed by atoms with Gasteiger partial charge in [-0.15, -0.1) is 0 Å². The summed E-state index contributed by atoms with van der Waals surface area (Å²) in [5.41, 5.74) is 2.74. The van der Waals surface area contributed by atoms with Crippen LogP contribution in [0.15, 0.2) is 36.4 Å². The highest BCUT2D eigenvalue weighted by Crippen LogP contribution is 2.25. The Morgan fingerprint density at radius 2 is 1.50 bits per heavy atom. The quantitative estimate of drug-likeness (QED) is 0.808. The first-order valence-electron chi connectivity index (χ1n) is 6.51. The van der Waals surface area contributed by atoms with Gasteiger partial charge < -0.3 is 10.6 Å². The normalized spacial score (nSPS) is 10.2. The number of hydrogen-bond donors (Lipinski definition) is 2. The first-order chi connectivity index (χ1) is 10.4. The fourth-order valence-electron chi connectivity index (χ4n) is 1.82. The molecule has 2 aromatic rings. The van der Waals surface area contributed by atoms with Crippen molar-refractivity contribution in [2.75, 3.05) is 10.6 Å². The summed E-state index contributed by atoms with van der Waals surface area (Å²) >= 11 is 11.8. The van der Waals surface area contributed by atoms with E-state index in [4.69, 9.17) is 23.2 Å². The molecule has 0 saturated heterocycles. The lowest BCUT2D eigenvalue weighted by atomic mass is 10.1. The van der Waals surface area contributed by atoms with Gasteiger partial charge in [-0.2, -0.15) is 0 Å². The van der Waals surface area contributed by atoms with E-state index in [9.17, 15) is 9.59 Å². The fourth-order valence-corrected chi connectivity index (χ4v) is 2.16. The number of hydrogen-bond acceptors (Lipinski definition) is 2. The van der Waals surface area contributed by atoms with Crippen molar-refractivity contribution in [1.29, 1.82) is 0 Å². The van der Waals surface area contributed by atoms with E-state index in [-0.39, 0.29) is 5.69 Å². The molecule has 0 heterocycles. The van der Waals surface area contributed by atoms with Gasteiger partial charge in [-0.05, 0) is 49.2 Å². The topological polar surface area (TPSA) is 58.2 Å². The lowest BCUT2D eigenvalue weighted by Crippen LogP contribution is -2.29. The predicted octanol–water partition coefficient (Wildman–Crippen LogP) is 4.19. The Hall–Kier alpha value is -2.04. The Kier molecular flexibility index (Phi) is 5.06. The molecule has 22 heavy (non-hydrogen) atoms. The second-order valence-electron chi connectivity index (χ2n) is 4.85. The monoisotopic (exact) mass is 336 g/mol. The van der Waals surface area contributed by atoms with Gasteiger partial charge in [0.1, 0.15) is 0 Å². The summed E-state index contributed by atoms with van der Waals surface area (Å²) in [5, 5.41) is 5.73. The molecule has 2 amide bonds. The summed E-state index contributed by atoms with van der Waals surface area (Å²) in [7, 11) is 0. The van der Waals surface area contributed by atoms with Crippen molar-refractivity contribution in [2.24, 2.45) is 0 Å². The van der Waals surface area contributed by atoms with Crippen LogP contribution in [0.1, 0.15) is 11.1 Å². The number of nitrogens with one attached hydrogen (secondary N) is 2. The van der Waals surface area contributed by atoms with Gasteiger partial charge in [0, 0.05) is 10.7 Å². The highest BCUT2D eigenvalue weighted by atomic mass is 35.5. The Balaban J connectivity index is 2.11. The molecule has 0 radical (unpaired) electrons. The maximum absolute atomic E-state index is 12.0. The minimum Gasteiger partial charge on any atom is -0.318 e. The van der Waals surface area contributed by atoms with E-state index in [1.54, 1.807) is 18.2 Å². The predicted molar refractivity (Wildman–Crippen MR) is 89.6 cm³/mol. The van der Waals surface area contributed by atoms with Crippen LogP contribution in [0.2, 0.25) is 10.0 Å². The Bertz CT molecular complexity index is 681. The van der Waals surface area contributed by atoms with Crippen LogP contribution in [0.3, 0.4) is 0 Å². The number of amides is 2. The van der Waals surface area contributed by atoms with Crippen LogP contribution in [0.4, 0.5) is 11.4 Å². The van der Waals surface area contributed by atoms with E-state index >= 15 is 0 Å². The molecule has 114 valence electrons. The van der Waals surface area contributed by atoms with E-state index in [0.29, 0.717) is 15.7 Å². The van der Waals surface area contributed by atoms with Crippen molar-refractivity contribution in [3.63, 3.8) is 0 Å². The molecule has 0 atom stereocenters. The molecule has 0 aliphatic carbocycles. The molecule has 2 N–H and O–H groups in total. The van der Waals surface area contributed by atoms with E-state index in [1.165, 1.54) is 6.07 Å².